The summed E-state index contributed by atoms with van der Waals surface area (Å²) in [5.74, 6) is 0.931. The number of nitrogens with zero attached hydrogens (tertiary/aromatic N) is 3. The summed E-state index contributed by atoms with van der Waals surface area (Å²) in [5, 5.41) is 7.15. The molecular weight excluding hydrogens is 426 g/mol. The van der Waals surface area contributed by atoms with Gasteiger partial charge in [-0.2, -0.15) is 5.10 Å². The van der Waals surface area contributed by atoms with Gasteiger partial charge in [-0.3, -0.25) is 0 Å². The third kappa shape index (κ3) is 3.29. The Hall–Kier alpha value is -2.79. The molecule has 2 aliphatic rings. The van der Waals surface area contributed by atoms with E-state index in [-0.39, 0.29) is 12.3 Å². The van der Waals surface area contributed by atoms with E-state index in [1.807, 2.05) is 26.2 Å². The van der Waals surface area contributed by atoms with Gasteiger partial charge in [0.15, 0.2) is 0 Å². The SMILES string of the molecule is CN(C)c1ccc([C@@H]2Oc3ccc(Br)cc3[C@@H]3CC(c4ccccc4)=NN32)cc1. The maximum Gasteiger partial charge on any atom is 0.213 e. The molecule has 146 valence electrons. The Balaban J connectivity index is 1.57. The molecule has 29 heavy (non-hydrogen) atoms. The van der Waals surface area contributed by atoms with Gasteiger partial charge in [0.05, 0.1) is 11.8 Å². The Labute approximate surface area is 179 Å². The summed E-state index contributed by atoms with van der Waals surface area (Å²) >= 11 is 3.61. The first kappa shape index (κ1) is 18.3. The van der Waals surface area contributed by atoms with Crippen LogP contribution in [0.2, 0.25) is 0 Å². The van der Waals surface area contributed by atoms with Gasteiger partial charge in [-0.15, -0.1) is 0 Å². The molecule has 3 aromatic rings. The number of fused-ring (bicyclic) bond motifs is 3. The van der Waals surface area contributed by atoms with Crippen LogP contribution >= 0.6 is 15.9 Å². The fraction of sp³-hybridized carbons (Fsp3) is 0.208. The second kappa shape index (κ2) is 7.23. The van der Waals surface area contributed by atoms with Crippen molar-refractivity contribution >= 4 is 27.3 Å². The van der Waals surface area contributed by atoms with Crippen LogP contribution in [0, 0.1) is 0 Å². The zero-order chi connectivity index (χ0) is 20.0. The van der Waals surface area contributed by atoms with Crippen LogP contribution in [0.5, 0.6) is 5.75 Å². The average Bonchev–Trinajstić information content (AvgIpc) is 3.20. The molecule has 2 heterocycles. The Kier molecular flexibility index (Phi) is 4.55. The zero-order valence-corrected chi connectivity index (χ0v) is 18.0. The molecule has 0 aliphatic carbocycles. The van der Waals surface area contributed by atoms with Gasteiger partial charge in [0.1, 0.15) is 5.75 Å². The van der Waals surface area contributed by atoms with Crippen LogP contribution in [-0.2, 0) is 0 Å². The van der Waals surface area contributed by atoms with Crippen LogP contribution in [-0.4, -0.2) is 24.8 Å². The Morgan fingerprint density at radius 2 is 1.76 bits per heavy atom. The molecule has 3 aromatic carbocycles. The van der Waals surface area contributed by atoms with Crippen LogP contribution in [0.4, 0.5) is 5.69 Å². The molecule has 5 rings (SSSR count). The van der Waals surface area contributed by atoms with Crippen molar-refractivity contribution in [2.24, 2.45) is 5.10 Å². The summed E-state index contributed by atoms with van der Waals surface area (Å²) in [7, 11) is 4.10. The van der Waals surface area contributed by atoms with Crippen molar-refractivity contribution in [2.45, 2.75) is 18.7 Å². The van der Waals surface area contributed by atoms with Gasteiger partial charge >= 0.3 is 0 Å². The van der Waals surface area contributed by atoms with Crippen LogP contribution in [0.3, 0.4) is 0 Å². The third-order valence-corrected chi connectivity index (χ3v) is 6.05. The van der Waals surface area contributed by atoms with Crippen molar-refractivity contribution < 1.29 is 4.74 Å². The largest absolute Gasteiger partial charge is 0.464 e. The first-order valence-electron chi connectivity index (χ1n) is 9.75. The monoisotopic (exact) mass is 447 g/mol. The summed E-state index contributed by atoms with van der Waals surface area (Å²) in [6.07, 6.45) is 0.620. The van der Waals surface area contributed by atoms with Gasteiger partial charge < -0.3 is 9.64 Å². The summed E-state index contributed by atoms with van der Waals surface area (Å²) in [6, 6.07) is 25.3. The van der Waals surface area contributed by atoms with E-state index in [9.17, 15) is 0 Å². The molecule has 0 radical (unpaired) electrons. The number of rotatable bonds is 3. The van der Waals surface area contributed by atoms with Crippen molar-refractivity contribution in [2.75, 3.05) is 19.0 Å². The van der Waals surface area contributed by atoms with Crippen molar-refractivity contribution in [3.63, 3.8) is 0 Å². The smallest absolute Gasteiger partial charge is 0.213 e. The molecular formula is C24H22BrN3O. The zero-order valence-electron chi connectivity index (χ0n) is 16.4. The number of ether oxygens (including phenoxy) is 1. The minimum atomic E-state index is -0.244. The number of halogens is 1. The van der Waals surface area contributed by atoms with Crippen LogP contribution in [0.15, 0.2) is 82.4 Å². The van der Waals surface area contributed by atoms with E-state index in [1.165, 1.54) is 16.8 Å². The average molecular weight is 448 g/mol. The molecule has 2 atom stereocenters. The number of hydrazone groups is 1. The molecule has 0 N–H and O–H groups in total. The van der Waals surface area contributed by atoms with Gasteiger partial charge in [0.25, 0.3) is 0 Å². The molecule has 0 saturated carbocycles. The minimum absolute atomic E-state index is 0.157. The predicted molar refractivity (Wildman–Crippen MR) is 120 cm³/mol. The van der Waals surface area contributed by atoms with Gasteiger partial charge in [-0.25, -0.2) is 5.01 Å². The van der Waals surface area contributed by atoms with E-state index in [4.69, 9.17) is 9.84 Å². The molecule has 0 saturated heterocycles. The molecule has 2 aliphatic heterocycles. The van der Waals surface area contributed by atoms with Crippen molar-refractivity contribution in [3.05, 3.63) is 94.0 Å². The first-order chi connectivity index (χ1) is 14.1. The Bertz CT molecular complexity index is 1060. The molecule has 5 heteroatoms. The topological polar surface area (TPSA) is 28.1 Å². The fourth-order valence-electron chi connectivity index (χ4n) is 4.02. The van der Waals surface area contributed by atoms with E-state index in [0.29, 0.717) is 0 Å². The van der Waals surface area contributed by atoms with E-state index in [1.54, 1.807) is 0 Å². The molecule has 0 unspecified atom stereocenters. The van der Waals surface area contributed by atoms with E-state index in [2.05, 4.69) is 86.5 Å². The maximum atomic E-state index is 6.46. The lowest BCUT2D eigenvalue weighted by Crippen LogP contribution is -2.33. The number of hydrogen-bond acceptors (Lipinski definition) is 4. The lowest BCUT2D eigenvalue weighted by Gasteiger charge is -2.38. The highest BCUT2D eigenvalue weighted by Crippen LogP contribution is 2.48. The molecule has 0 amide bonds. The highest BCUT2D eigenvalue weighted by atomic mass is 79.9. The van der Waals surface area contributed by atoms with Gasteiger partial charge in [0, 0.05) is 41.8 Å². The lowest BCUT2D eigenvalue weighted by molar-refractivity contribution is -0.0190. The number of anilines is 1. The fourth-order valence-corrected chi connectivity index (χ4v) is 4.40. The van der Waals surface area contributed by atoms with Crippen LogP contribution in [0.25, 0.3) is 0 Å². The summed E-state index contributed by atoms with van der Waals surface area (Å²) in [5.41, 5.74) is 5.71. The van der Waals surface area contributed by atoms with Gasteiger partial charge in [-0.1, -0.05) is 58.4 Å². The molecule has 4 nitrogen and oxygen atoms in total. The van der Waals surface area contributed by atoms with Crippen molar-refractivity contribution in [1.29, 1.82) is 0 Å². The summed E-state index contributed by atoms with van der Waals surface area (Å²) in [4.78, 5) is 2.10. The van der Waals surface area contributed by atoms with E-state index < -0.39 is 0 Å². The number of benzene rings is 3. The first-order valence-corrected chi connectivity index (χ1v) is 10.5. The molecule has 0 fully saturated rings. The molecule has 0 spiro atoms. The van der Waals surface area contributed by atoms with E-state index in [0.717, 1.165) is 27.9 Å². The molecule has 0 aromatic heterocycles. The maximum absolute atomic E-state index is 6.46. The van der Waals surface area contributed by atoms with Crippen LogP contribution < -0.4 is 9.64 Å². The molecule has 0 bridgehead atoms. The van der Waals surface area contributed by atoms with Gasteiger partial charge in [-0.05, 0) is 35.9 Å². The third-order valence-electron chi connectivity index (χ3n) is 5.55. The number of hydrogen-bond donors (Lipinski definition) is 0. The highest BCUT2D eigenvalue weighted by molar-refractivity contribution is 9.10. The minimum Gasteiger partial charge on any atom is -0.464 e. The summed E-state index contributed by atoms with van der Waals surface area (Å²) in [6.45, 7) is 0. The lowest BCUT2D eigenvalue weighted by atomic mass is 9.96. The van der Waals surface area contributed by atoms with Crippen LogP contribution in [0.1, 0.15) is 35.4 Å². The van der Waals surface area contributed by atoms with E-state index >= 15 is 0 Å². The Morgan fingerprint density at radius 3 is 2.48 bits per heavy atom. The highest BCUT2D eigenvalue weighted by Gasteiger charge is 2.41. The Morgan fingerprint density at radius 1 is 1.00 bits per heavy atom. The quantitative estimate of drug-likeness (QED) is 0.510. The summed E-state index contributed by atoms with van der Waals surface area (Å²) < 4.78 is 7.51. The normalized spacial score (nSPS) is 19.8. The van der Waals surface area contributed by atoms with Gasteiger partial charge in [0.2, 0.25) is 6.23 Å². The second-order valence-corrected chi connectivity index (χ2v) is 8.57. The predicted octanol–water partition coefficient (Wildman–Crippen LogP) is 5.76. The second-order valence-electron chi connectivity index (χ2n) is 7.65. The van der Waals surface area contributed by atoms with Crippen molar-refractivity contribution in [3.8, 4) is 5.75 Å². The standard InChI is InChI=1S/C24H22BrN3O/c1-27(2)19-11-8-17(9-12-19)24-28-22(20-14-18(25)10-13-23(20)29-24)15-21(26-28)16-6-4-3-5-7-16/h3-14,22,24H,15H2,1-2H3/t22-,24-/m0/s1. The van der Waals surface area contributed by atoms with Crippen molar-refractivity contribution in [1.82, 2.24) is 5.01 Å².